The second-order valence-corrected chi connectivity index (χ2v) is 8.85. The molecule has 4 rings (SSSR count). The Morgan fingerprint density at radius 2 is 1.86 bits per heavy atom. The summed E-state index contributed by atoms with van der Waals surface area (Å²) in [5, 5.41) is 8.60. The number of nitrogens with zero attached hydrogens (tertiary/aromatic N) is 3. The highest BCUT2D eigenvalue weighted by atomic mass is 19.1. The monoisotopic (exact) mass is 484 g/mol. The Hall–Kier alpha value is -3.76. The first-order chi connectivity index (χ1) is 16.9. The molecule has 1 saturated carbocycles. The molecule has 1 aromatic heterocycles. The van der Waals surface area contributed by atoms with Crippen molar-refractivity contribution in [1.29, 1.82) is 0 Å². The third-order valence-electron chi connectivity index (χ3n) is 6.56. The van der Waals surface area contributed by atoms with Gasteiger partial charge in [0.2, 0.25) is 11.9 Å². The predicted octanol–water partition coefficient (Wildman–Crippen LogP) is 1.74. The molecule has 1 aliphatic carbocycles. The fraction of sp³-hybridized carbons (Fsp3) is 0.458. The molecular weight excluding hydrogens is 455 g/mol. The third-order valence-corrected chi connectivity index (χ3v) is 6.56. The van der Waals surface area contributed by atoms with Crippen LogP contribution in [0.5, 0.6) is 0 Å². The molecule has 1 saturated heterocycles. The van der Waals surface area contributed by atoms with Gasteiger partial charge < -0.3 is 25.6 Å². The van der Waals surface area contributed by atoms with E-state index in [-0.39, 0.29) is 23.3 Å². The van der Waals surface area contributed by atoms with Crippen LogP contribution in [-0.4, -0.2) is 67.1 Å². The zero-order chi connectivity index (χ0) is 25.0. The molecular formula is C24H29FN6O4. The highest BCUT2D eigenvalue weighted by Crippen LogP contribution is 2.36. The maximum absolute atomic E-state index is 14.3. The normalized spacial score (nSPS) is 16.8. The van der Waals surface area contributed by atoms with Crippen molar-refractivity contribution >= 4 is 29.4 Å². The summed E-state index contributed by atoms with van der Waals surface area (Å²) in [5.74, 6) is -1.24. The molecule has 2 amide bonds. The van der Waals surface area contributed by atoms with Crippen LogP contribution in [0.3, 0.4) is 0 Å². The zero-order valence-corrected chi connectivity index (χ0v) is 19.8. The number of esters is 1. The fourth-order valence-electron chi connectivity index (χ4n) is 4.26. The van der Waals surface area contributed by atoms with Gasteiger partial charge in [-0.25, -0.2) is 19.2 Å². The van der Waals surface area contributed by atoms with E-state index >= 15 is 0 Å². The number of methoxy groups -OCH3 is 1. The SMILES string of the molecule is CNc1ncc(C(=O)NC2(C(=O)NCC3CCN(c4cccc(F)c4C(=O)OC)CC3)CC2)cn1. The number of piperidine rings is 1. The molecule has 1 aromatic carbocycles. The van der Waals surface area contributed by atoms with Crippen molar-refractivity contribution < 1.29 is 23.5 Å². The van der Waals surface area contributed by atoms with Crippen LogP contribution in [0.2, 0.25) is 0 Å². The van der Waals surface area contributed by atoms with Crippen LogP contribution in [0, 0.1) is 11.7 Å². The molecule has 35 heavy (non-hydrogen) atoms. The lowest BCUT2D eigenvalue weighted by Gasteiger charge is -2.34. The molecule has 11 heteroatoms. The Morgan fingerprint density at radius 3 is 2.46 bits per heavy atom. The quantitative estimate of drug-likeness (QED) is 0.484. The van der Waals surface area contributed by atoms with Gasteiger partial charge in [0.1, 0.15) is 16.9 Å². The first-order valence-corrected chi connectivity index (χ1v) is 11.6. The van der Waals surface area contributed by atoms with Crippen molar-refractivity contribution in [2.45, 2.75) is 31.2 Å². The van der Waals surface area contributed by atoms with Gasteiger partial charge in [0.15, 0.2) is 0 Å². The van der Waals surface area contributed by atoms with Crippen molar-refractivity contribution in [3.63, 3.8) is 0 Å². The van der Waals surface area contributed by atoms with Gasteiger partial charge in [-0.3, -0.25) is 9.59 Å². The summed E-state index contributed by atoms with van der Waals surface area (Å²) < 4.78 is 19.0. The van der Waals surface area contributed by atoms with Gasteiger partial charge in [0, 0.05) is 39.1 Å². The minimum atomic E-state index is -0.892. The van der Waals surface area contributed by atoms with E-state index in [2.05, 4.69) is 25.9 Å². The van der Waals surface area contributed by atoms with E-state index in [4.69, 9.17) is 4.74 Å². The highest BCUT2D eigenvalue weighted by Gasteiger charge is 2.51. The van der Waals surface area contributed by atoms with Crippen molar-refractivity contribution in [3.8, 4) is 0 Å². The number of anilines is 2. The van der Waals surface area contributed by atoms with Crippen LogP contribution in [0.1, 0.15) is 46.4 Å². The number of carbonyl (C=O) groups is 3. The van der Waals surface area contributed by atoms with Gasteiger partial charge in [-0.1, -0.05) is 6.07 Å². The number of hydrogen-bond donors (Lipinski definition) is 3. The Balaban J connectivity index is 1.28. The van der Waals surface area contributed by atoms with Gasteiger partial charge in [-0.05, 0) is 43.7 Å². The van der Waals surface area contributed by atoms with Crippen molar-refractivity contribution in [2.75, 3.05) is 44.0 Å². The van der Waals surface area contributed by atoms with E-state index in [1.54, 1.807) is 19.2 Å². The first kappa shape index (κ1) is 24.4. The molecule has 1 aliphatic heterocycles. The van der Waals surface area contributed by atoms with Crippen LogP contribution in [0.15, 0.2) is 30.6 Å². The summed E-state index contributed by atoms with van der Waals surface area (Å²) in [6.07, 6.45) is 5.53. The number of amides is 2. The summed E-state index contributed by atoms with van der Waals surface area (Å²) in [7, 11) is 2.92. The number of carbonyl (C=O) groups excluding carboxylic acids is 3. The lowest BCUT2D eigenvalue weighted by atomic mass is 9.95. The van der Waals surface area contributed by atoms with E-state index in [9.17, 15) is 18.8 Å². The lowest BCUT2D eigenvalue weighted by molar-refractivity contribution is -0.124. The molecule has 0 radical (unpaired) electrons. The molecule has 186 valence electrons. The smallest absolute Gasteiger partial charge is 0.342 e. The summed E-state index contributed by atoms with van der Waals surface area (Å²) in [5.41, 5.74) is -0.139. The van der Waals surface area contributed by atoms with Crippen molar-refractivity contribution in [3.05, 3.63) is 47.5 Å². The number of nitrogens with one attached hydrogen (secondary N) is 3. The molecule has 2 heterocycles. The lowest BCUT2D eigenvalue weighted by Crippen LogP contribution is -2.50. The number of halogens is 1. The van der Waals surface area contributed by atoms with Crippen molar-refractivity contribution in [1.82, 2.24) is 20.6 Å². The number of rotatable bonds is 8. The van der Waals surface area contributed by atoms with Crippen LogP contribution >= 0.6 is 0 Å². The molecule has 0 spiro atoms. The van der Waals surface area contributed by atoms with Crippen molar-refractivity contribution in [2.24, 2.45) is 5.92 Å². The van der Waals surface area contributed by atoms with Gasteiger partial charge in [-0.15, -0.1) is 0 Å². The topological polar surface area (TPSA) is 126 Å². The maximum atomic E-state index is 14.3. The summed E-state index contributed by atoms with van der Waals surface area (Å²) in [4.78, 5) is 47.5. The van der Waals surface area contributed by atoms with Crippen LogP contribution in [0.25, 0.3) is 0 Å². The van der Waals surface area contributed by atoms with Gasteiger partial charge in [0.05, 0.1) is 18.4 Å². The molecule has 0 atom stereocenters. The zero-order valence-electron chi connectivity index (χ0n) is 19.8. The second-order valence-electron chi connectivity index (χ2n) is 8.85. The van der Waals surface area contributed by atoms with E-state index < -0.39 is 17.3 Å². The van der Waals surface area contributed by atoms with E-state index in [0.29, 0.717) is 49.7 Å². The highest BCUT2D eigenvalue weighted by molar-refractivity contribution is 6.00. The molecule has 2 aliphatic rings. The predicted molar refractivity (Wildman–Crippen MR) is 127 cm³/mol. The molecule has 2 fully saturated rings. The van der Waals surface area contributed by atoms with Crippen LogP contribution in [-0.2, 0) is 9.53 Å². The number of hydrogen-bond acceptors (Lipinski definition) is 8. The number of ether oxygens (including phenoxy) is 1. The first-order valence-electron chi connectivity index (χ1n) is 11.6. The standard InChI is InChI=1S/C24H29FN6O4/c1-26-23-28-13-16(14-29-23)20(32)30-24(8-9-24)22(34)27-12-15-6-10-31(11-7-15)18-5-3-4-17(25)19(18)21(33)35-2/h3-5,13-15H,6-12H2,1-2H3,(H,27,34)(H,30,32)(H,26,28,29). The van der Waals surface area contributed by atoms with Gasteiger partial charge in [0.25, 0.3) is 5.91 Å². The molecule has 0 bridgehead atoms. The van der Waals surface area contributed by atoms with E-state index in [0.717, 1.165) is 12.8 Å². The summed E-state index contributed by atoms with van der Waals surface area (Å²) in [6.45, 7) is 1.73. The molecule has 0 unspecified atom stereocenters. The van der Waals surface area contributed by atoms with E-state index in [1.807, 2.05) is 4.90 Å². The van der Waals surface area contributed by atoms with Gasteiger partial charge >= 0.3 is 5.97 Å². The minimum Gasteiger partial charge on any atom is -0.465 e. The number of benzene rings is 1. The minimum absolute atomic E-state index is 0.0563. The third kappa shape index (κ3) is 5.33. The maximum Gasteiger partial charge on any atom is 0.342 e. The number of aromatic nitrogens is 2. The molecule has 3 N–H and O–H groups in total. The average Bonchev–Trinajstić information content (AvgIpc) is 3.67. The van der Waals surface area contributed by atoms with Gasteiger partial charge in [-0.2, -0.15) is 0 Å². The van der Waals surface area contributed by atoms with Crippen LogP contribution in [0.4, 0.5) is 16.0 Å². The largest absolute Gasteiger partial charge is 0.465 e. The Labute approximate surface area is 202 Å². The van der Waals surface area contributed by atoms with Crippen LogP contribution < -0.4 is 20.9 Å². The summed E-state index contributed by atoms with van der Waals surface area (Å²) in [6, 6.07) is 4.54. The van der Waals surface area contributed by atoms with E-state index in [1.165, 1.54) is 25.6 Å². The fourth-order valence-corrected chi connectivity index (χ4v) is 4.26. The molecule has 2 aromatic rings. The Morgan fingerprint density at radius 1 is 1.17 bits per heavy atom. The average molecular weight is 485 g/mol. The summed E-state index contributed by atoms with van der Waals surface area (Å²) >= 11 is 0. The Kier molecular flexibility index (Phi) is 7.13. The Bertz CT molecular complexity index is 1100. The molecule has 10 nitrogen and oxygen atoms in total. The second kappa shape index (κ2) is 10.2.